The summed E-state index contributed by atoms with van der Waals surface area (Å²) in [4.78, 5) is 41.9. The molecule has 31 heavy (non-hydrogen) atoms. The van der Waals surface area contributed by atoms with Gasteiger partial charge in [-0.05, 0) is 37.6 Å². The molecule has 0 aliphatic carbocycles. The smallest absolute Gasteiger partial charge is 0.246 e. The summed E-state index contributed by atoms with van der Waals surface area (Å²) in [5.74, 6) is -0.362. The lowest BCUT2D eigenvalue weighted by Crippen LogP contribution is -2.48. The van der Waals surface area contributed by atoms with Crippen LogP contribution in [-0.4, -0.2) is 48.9 Å². The summed E-state index contributed by atoms with van der Waals surface area (Å²) in [6.45, 7) is 4.43. The van der Waals surface area contributed by atoms with E-state index in [1.165, 1.54) is 0 Å². The highest BCUT2D eigenvalue weighted by atomic mass is 16.5. The second-order valence-corrected chi connectivity index (χ2v) is 7.67. The highest BCUT2D eigenvalue weighted by Gasteiger charge is 2.39. The van der Waals surface area contributed by atoms with Gasteiger partial charge in [0.15, 0.2) is 0 Å². The second-order valence-electron chi connectivity index (χ2n) is 7.67. The van der Waals surface area contributed by atoms with Gasteiger partial charge >= 0.3 is 0 Å². The predicted octanol–water partition coefficient (Wildman–Crippen LogP) is 3.31. The first kappa shape index (κ1) is 22.3. The molecule has 7 heteroatoms. The van der Waals surface area contributed by atoms with Gasteiger partial charge in [0, 0.05) is 37.0 Å². The van der Waals surface area contributed by atoms with E-state index in [-0.39, 0.29) is 30.7 Å². The molecule has 2 unspecified atom stereocenters. The molecule has 2 atom stereocenters. The van der Waals surface area contributed by atoms with Crippen LogP contribution in [-0.2, 0) is 14.4 Å². The van der Waals surface area contributed by atoms with Crippen LogP contribution in [0.3, 0.4) is 0 Å². The van der Waals surface area contributed by atoms with Gasteiger partial charge in [-0.15, -0.1) is 0 Å². The van der Waals surface area contributed by atoms with Crippen molar-refractivity contribution in [2.45, 2.75) is 32.7 Å². The Morgan fingerprint density at radius 1 is 1.19 bits per heavy atom. The number of anilines is 2. The topological polar surface area (TPSA) is 79.0 Å². The van der Waals surface area contributed by atoms with Gasteiger partial charge in [-0.3, -0.25) is 14.4 Å². The molecule has 1 fully saturated rings. The number of nitrogens with one attached hydrogen (secondary N) is 1. The monoisotopic (exact) mass is 423 g/mol. The van der Waals surface area contributed by atoms with Crippen LogP contribution in [0.15, 0.2) is 54.6 Å². The van der Waals surface area contributed by atoms with Crippen molar-refractivity contribution in [1.29, 1.82) is 0 Å². The molecular weight excluding hydrogens is 394 g/mol. The van der Waals surface area contributed by atoms with Crippen molar-refractivity contribution in [3.8, 4) is 5.75 Å². The van der Waals surface area contributed by atoms with E-state index < -0.39 is 12.0 Å². The Morgan fingerprint density at radius 3 is 2.61 bits per heavy atom. The molecule has 1 heterocycles. The summed E-state index contributed by atoms with van der Waals surface area (Å²) in [7, 11) is 1.57. The van der Waals surface area contributed by atoms with Crippen LogP contribution in [0.25, 0.3) is 0 Å². The summed E-state index contributed by atoms with van der Waals surface area (Å²) in [5, 5.41) is 2.86. The minimum Gasteiger partial charge on any atom is -0.497 e. The molecule has 7 nitrogen and oxygen atoms in total. The molecule has 3 amide bonds. The number of methoxy groups -OCH3 is 1. The molecular formula is C24H29N3O4. The van der Waals surface area contributed by atoms with Gasteiger partial charge < -0.3 is 19.9 Å². The van der Waals surface area contributed by atoms with Crippen molar-refractivity contribution < 1.29 is 19.1 Å². The quantitative estimate of drug-likeness (QED) is 0.707. The van der Waals surface area contributed by atoms with Crippen molar-refractivity contribution in [1.82, 2.24) is 4.90 Å². The van der Waals surface area contributed by atoms with Crippen LogP contribution in [0.1, 0.15) is 26.7 Å². The molecule has 3 rings (SSSR count). The van der Waals surface area contributed by atoms with Gasteiger partial charge in [-0.25, -0.2) is 0 Å². The number of hydrogen-bond acceptors (Lipinski definition) is 4. The fourth-order valence-corrected chi connectivity index (χ4v) is 3.78. The van der Waals surface area contributed by atoms with Gasteiger partial charge in [0.25, 0.3) is 0 Å². The highest BCUT2D eigenvalue weighted by Crippen LogP contribution is 2.29. The minimum atomic E-state index is -0.645. The molecule has 0 aromatic heterocycles. The number of para-hydroxylation sites is 1. The van der Waals surface area contributed by atoms with Gasteiger partial charge in [0.1, 0.15) is 11.8 Å². The molecule has 1 aliphatic rings. The Kier molecular flexibility index (Phi) is 7.28. The lowest BCUT2D eigenvalue weighted by atomic mass is 10.1. The van der Waals surface area contributed by atoms with Crippen molar-refractivity contribution in [3.05, 3.63) is 54.6 Å². The standard InChI is InChI=1S/C24H29N3O4/c1-4-13-26(17(2)23(29)25-19-9-6-5-7-10-19)24(30)18-14-22(28)27(16-18)20-11-8-12-21(15-20)31-3/h5-12,15,17-18H,4,13-14,16H2,1-3H3,(H,25,29). The number of carbonyl (C=O) groups is 3. The van der Waals surface area contributed by atoms with Crippen LogP contribution < -0.4 is 15.0 Å². The lowest BCUT2D eigenvalue weighted by molar-refractivity contribution is -0.141. The fourth-order valence-electron chi connectivity index (χ4n) is 3.78. The van der Waals surface area contributed by atoms with Crippen LogP contribution >= 0.6 is 0 Å². The summed E-state index contributed by atoms with van der Waals surface area (Å²) in [6.07, 6.45) is 0.845. The molecule has 2 aromatic carbocycles. The first-order chi connectivity index (χ1) is 14.9. The largest absolute Gasteiger partial charge is 0.497 e. The van der Waals surface area contributed by atoms with E-state index in [9.17, 15) is 14.4 Å². The number of amides is 3. The van der Waals surface area contributed by atoms with Gasteiger partial charge in [0.05, 0.1) is 13.0 Å². The number of hydrogen-bond donors (Lipinski definition) is 1. The number of rotatable bonds is 8. The zero-order chi connectivity index (χ0) is 22.4. The third-order valence-corrected chi connectivity index (χ3v) is 5.48. The zero-order valence-electron chi connectivity index (χ0n) is 18.2. The average Bonchev–Trinajstić information content (AvgIpc) is 3.19. The Bertz CT molecular complexity index is 931. The van der Waals surface area contributed by atoms with E-state index in [0.29, 0.717) is 23.7 Å². The molecule has 1 saturated heterocycles. The van der Waals surface area contributed by atoms with Gasteiger partial charge in [-0.1, -0.05) is 31.2 Å². The van der Waals surface area contributed by atoms with E-state index in [2.05, 4.69) is 5.32 Å². The SMILES string of the molecule is CCCN(C(=O)C1CC(=O)N(c2cccc(OC)c2)C1)C(C)C(=O)Nc1ccccc1. The van der Waals surface area contributed by atoms with Crippen LogP contribution in [0.4, 0.5) is 11.4 Å². The van der Waals surface area contributed by atoms with E-state index in [1.54, 1.807) is 42.0 Å². The van der Waals surface area contributed by atoms with Crippen LogP contribution in [0.2, 0.25) is 0 Å². The third kappa shape index (κ3) is 5.23. The van der Waals surface area contributed by atoms with Crippen LogP contribution in [0, 0.1) is 5.92 Å². The number of ether oxygens (including phenoxy) is 1. The molecule has 1 N–H and O–H groups in total. The molecule has 1 aliphatic heterocycles. The first-order valence-electron chi connectivity index (χ1n) is 10.6. The van der Waals surface area contributed by atoms with Crippen molar-refractivity contribution in [2.75, 3.05) is 30.4 Å². The van der Waals surface area contributed by atoms with E-state index in [0.717, 1.165) is 6.42 Å². The van der Waals surface area contributed by atoms with Crippen LogP contribution in [0.5, 0.6) is 5.75 Å². The normalized spacial score (nSPS) is 16.7. The number of carbonyl (C=O) groups excluding carboxylic acids is 3. The second kappa shape index (κ2) is 10.1. The maximum Gasteiger partial charge on any atom is 0.246 e. The molecule has 0 spiro atoms. The Hall–Kier alpha value is -3.35. The van der Waals surface area contributed by atoms with E-state index in [1.807, 2.05) is 43.3 Å². The van der Waals surface area contributed by atoms with Crippen molar-refractivity contribution >= 4 is 29.1 Å². The molecule has 0 bridgehead atoms. The molecule has 0 radical (unpaired) electrons. The Balaban J connectivity index is 1.72. The molecule has 0 saturated carbocycles. The summed E-state index contributed by atoms with van der Waals surface area (Å²) in [5.41, 5.74) is 1.39. The Morgan fingerprint density at radius 2 is 1.94 bits per heavy atom. The van der Waals surface area contributed by atoms with E-state index >= 15 is 0 Å². The van der Waals surface area contributed by atoms with E-state index in [4.69, 9.17) is 4.74 Å². The molecule has 164 valence electrons. The third-order valence-electron chi connectivity index (χ3n) is 5.48. The van der Waals surface area contributed by atoms with Gasteiger partial charge in [-0.2, -0.15) is 0 Å². The zero-order valence-corrected chi connectivity index (χ0v) is 18.2. The predicted molar refractivity (Wildman–Crippen MR) is 120 cm³/mol. The maximum absolute atomic E-state index is 13.3. The summed E-state index contributed by atoms with van der Waals surface area (Å²) >= 11 is 0. The highest BCUT2D eigenvalue weighted by molar-refractivity contribution is 6.02. The average molecular weight is 424 g/mol. The lowest BCUT2D eigenvalue weighted by Gasteiger charge is -2.30. The summed E-state index contributed by atoms with van der Waals surface area (Å²) < 4.78 is 5.24. The molecule has 2 aromatic rings. The minimum absolute atomic E-state index is 0.107. The van der Waals surface area contributed by atoms with Crippen molar-refractivity contribution in [3.63, 3.8) is 0 Å². The first-order valence-corrected chi connectivity index (χ1v) is 10.6. The van der Waals surface area contributed by atoms with Crippen molar-refractivity contribution in [2.24, 2.45) is 5.92 Å². The fraction of sp³-hybridized carbons (Fsp3) is 0.375. The van der Waals surface area contributed by atoms with Gasteiger partial charge in [0.2, 0.25) is 17.7 Å². The maximum atomic E-state index is 13.3. The Labute approximate surface area is 183 Å². The summed E-state index contributed by atoms with van der Waals surface area (Å²) in [6, 6.07) is 15.7. The number of benzene rings is 2. The number of nitrogens with zero attached hydrogens (tertiary/aromatic N) is 2.